The third kappa shape index (κ3) is 3.39. The van der Waals surface area contributed by atoms with Gasteiger partial charge in [-0.3, -0.25) is 5.10 Å². The number of hydrogen-bond donors (Lipinski definition) is 3. The Hall–Kier alpha value is -0.920. The van der Waals surface area contributed by atoms with Crippen LogP contribution >= 0.6 is 0 Å². The van der Waals surface area contributed by atoms with E-state index in [9.17, 15) is 8.42 Å². The van der Waals surface area contributed by atoms with Gasteiger partial charge in [0.15, 0.2) is 5.03 Å². The Balaban J connectivity index is 2.18. The molecule has 0 saturated heterocycles. The summed E-state index contributed by atoms with van der Waals surface area (Å²) < 4.78 is 27.8. The average molecular weight is 300 g/mol. The minimum atomic E-state index is -3.55. The van der Waals surface area contributed by atoms with Gasteiger partial charge < -0.3 is 5.32 Å². The number of aromatic nitrogens is 2. The third-order valence-electron chi connectivity index (χ3n) is 3.90. The number of nitrogens with zero attached hydrogens (tertiary/aromatic N) is 1. The van der Waals surface area contributed by atoms with E-state index in [1.54, 1.807) is 7.05 Å². The second-order valence-electron chi connectivity index (χ2n) is 5.75. The van der Waals surface area contributed by atoms with Crippen molar-refractivity contribution in [3.05, 3.63) is 11.3 Å². The van der Waals surface area contributed by atoms with Gasteiger partial charge in [0.2, 0.25) is 0 Å². The summed E-state index contributed by atoms with van der Waals surface area (Å²) in [7, 11) is -1.76. The van der Waals surface area contributed by atoms with E-state index >= 15 is 0 Å². The number of aryl methyl sites for hydroxylation is 1. The van der Waals surface area contributed by atoms with E-state index in [4.69, 9.17) is 0 Å². The monoisotopic (exact) mass is 300 g/mol. The van der Waals surface area contributed by atoms with Crippen LogP contribution in [-0.4, -0.2) is 31.7 Å². The molecule has 1 saturated carbocycles. The third-order valence-corrected chi connectivity index (χ3v) is 5.39. The molecule has 1 aliphatic rings. The Morgan fingerprint density at radius 1 is 1.40 bits per heavy atom. The second kappa shape index (κ2) is 6.24. The Kier molecular flexibility index (Phi) is 4.82. The summed E-state index contributed by atoms with van der Waals surface area (Å²) in [5, 5.41) is 9.85. The molecule has 3 N–H and O–H groups in total. The smallest absolute Gasteiger partial charge is 0.260 e. The summed E-state index contributed by atoms with van der Waals surface area (Å²) in [6.07, 6.45) is 4.08. The van der Waals surface area contributed by atoms with Crippen molar-refractivity contribution in [2.75, 3.05) is 7.05 Å². The summed E-state index contributed by atoms with van der Waals surface area (Å²) in [5.41, 5.74) is 1.50. The summed E-state index contributed by atoms with van der Waals surface area (Å²) in [4.78, 5) is 0. The molecule has 20 heavy (non-hydrogen) atoms. The van der Waals surface area contributed by atoms with Crippen molar-refractivity contribution in [1.29, 1.82) is 0 Å². The zero-order valence-corrected chi connectivity index (χ0v) is 13.2. The Morgan fingerprint density at radius 3 is 2.80 bits per heavy atom. The first-order chi connectivity index (χ1) is 9.44. The molecule has 7 heteroatoms. The van der Waals surface area contributed by atoms with Crippen LogP contribution in [0.3, 0.4) is 0 Å². The van der Waals surface area contributed by atoms with Crippen LogP contribution < -0.4 is 10.0 Å². The van der Waals surface area contributed by atoms with Crippen LogP contribution in [-0.2, 0) is 16.6 Å². The number of H-pyrrole nitrogens is 1. The normalized spacial score (nSPS) is 23.9. The molecule has 2 unspecified atom stereocenters. The van der Waals surface area contributed by atoms with Gasteiger partial charge in [-0.2, -0.15) is 5.10 Å². The minimum Gasteiger partial charge on any atom is -0.316 e. The molecule has 0 spiro atoms. The average Bonchev–Trinajstić information content (AvgIpc) is 2.72. The van der Waals surface area contributed by atoms with Gasteiger partial charge in [-0.15, -0.1) is 0 Å². The lowest BCUT2D eigenvalue weighted by Gasteiger charge is -2.27. The summed E-state index contributed by atoms with van der Waals surface area (Å²) in [6, 6.07) is 0.0307. The molecule has 0 amide bonds. The van der Waals surface area contributed by atoms with Gasteiger partial charge in [0.25, 0.3) is 10.0 Å². The van der Waals surface area contributed by atoms with Crippen LogP contribution in [0.2, 0.25) is 0 Å². The van der Waals surface area contributed by atoms with E-state index < -0.39 is 10.0 Å². The largest absolute Gasteiger partial charge is 0.316 e. The van der Waals surface area contributed by atoms with Gasteiger partial charge >= 0.3 is 0 Å². The Bertz CT molecular complexity index is 553. The highest BCUT2D eigenvalue weighted by Crippen LogP contribution is 2.25. The van der Waals surface area contributed by atoms with Crippen LogP contribution in [0, 0.1) is 12.8 Å². The number of nitrogens with one attached hydrogen (secondary N) is 3. The van der Waals surface area contributed by atoms with Crippen molar-refractivity contribution < 1.29 is 8.42 Å². The maximum atomic E-state index is 12.5. The number of hydrogen-bond acceptors (Lipinski definition) is 4. The molecule has 2 rings (SSSR count). The highest BCUT2D eigenvalue weighted by atomic mass is 32.2. The first-order valence-corrected chi connectivity index (χ1v) is 8.63. The fourth-order valence-corrected chi connectivity index (χ4v) is 4.33. The lowest BCUT2D eigenvalue weighted by Crippen LogP contribution is -2.38. The van der Waals surface area contributed by atoms with Crippen LogP contribution in [0.4, 0.5) is 0 Å². The molecule has 1 aliphatic carbocycles. The molecule has 114 valence electrons. The predicted molar refractivity (Wildman–Crippen MR) is 77.8 cm³/mol. The molecule has 1 heterocycles. The molecule has 0 bridgehead atoms. The van der Waals surface area contributed by atoms with Crippen LogP contribution in [0.25, 0.3) is 0 Å². The summed E-state index contributed by atoms with van der Waals surface area (Å²) in [6.45, 7) is 4.49. The topological polar surface area (TPSA) is 86.9 Å². The maximum absolute atomic E-state index is 12.5. The van der Waals surface area contributed by atoms with Gasteiger partial charge in [0.05, 0.1) is 0 Å². The highest BCUT2D eigenvalue weighted by molar-refractivity contribution is 7.89. The van der Waals surface area contributed by atoms with E-state index in [1.165, 1.54) is 6.42 Å². The van der Waals surface area contributed by atoms with Gasteiger partial charge in [-0.25, -0.2) is 13.1 Å². The minimum absolute atomic E-state index is 0.0307. The van der Waals surface area contributed by atoms with Gasteiger partial charge in [0.1, 0.15) is 0 Å². The molecule has 1 fully saturated rings. The fraction of sp³-hybridized carbons (Fsp3) is 0.769. The second-order valence-corrected chi connectivity index (χ2v) is 7.38. The molecule has 0 aliphatic heterocycles. The molecule has 1 aromatic rings. The maximum Gasteiger partial charge on any atom is 0.260 e. The van der Waals surface area contributed by atoms with Crippen LogP contribution in [0.5, 0.6) is 0 Å². The molecule has 1 aromatic heterocycles. The molecule has 0 aromatic carbocycles. The first kappa shape index (κ1) is 15.5. The standard InChI is InChI=1S/C13H24N4O2S/c1-9-5-4-6-11(7-9)17-20(18,19)13-12(8-14-3)10(2)15-16-13/h9,11,14,17H,4-8H2,1-3H3,(H,15,16). The zero-order valence-electron chi connectivity index (χ0n) is 12.4. The quantitative estimate of drug-likeness (QED) is 0.765. The van der Waals surface area contributed by atoms with Gasteiger partial charge in [0, 0.05) is 23.8 Å². The van der Waals surface area contributed by atoms with Crippen LogP contribution in [0.15, 0.2) is 5.03 Å². The van der Waals surface area contributed by atoms with E-state index in [0.717, 1.165) is 25.0 Å². The number of rotatable bonds is 5. The summed E-state index contributed by atoms with van der Waals surface area (Å²) >= 11 is 0. The molecule has 0 radical (unpaired) electrons. The predicted octanol–water partition coefficient (Wildman–Crippen LogP) is 1.29. The zero-order chi connectivity index (χ0) is 14.8. The van der Waals surface area contributed by atoms with E-state index in [1.807, 2.05) is 6.92 Å². The molecule has 6 nitrogen and oxygen atoms in total. The lowest BCUT2D eigenvalue weighted by molar-refractivity contribution is 0.327. The Labute approximate surface area is 120 Å². The van der Waals surface area contributed by atoms with Crippen molar-refractivity contribution in [3.8, 4) is 0 Å². The van der Waals surface area contributed by atoms with Crippen molar-refractivity contribution >= 4 is 10.0 Å². The van der Waals surface area contributed by atoms with Gasteiger partial charge in [-0.1, -0.05) is 19.8 Å². The molecular formula is C13H24N4O2S. The van der Waals surface area contributed by atoms with E-state index in [0.29, 0.717) is 18.0 Å². The summed E-state index contributed by atoms with van der Waals surface area (Å²) in [5.74, 6) is 0.578. The van der Waals surface area contributed by atoms with Crippen molar-refractivity contribution in [2.45, 2.75) is 57.1 Å². The first-order valence-electron chi connectivity index (χ1n) is 7.14. The van der Waals surface area contributed by atoms with E-state index in [-0.39, 0.29) is 11.1 Å². The SMILES string of the molecule is CNCc1c(S(=O)(=O)NC2CCCC(C)C2)n[nH]c1C. The Morgan fingerprint density at radius 2 is 2.15 bits per heavy atom. The molecular weight excluding hydrogens is 276 g/mol. The lowest BCUT2D eigenvalue weighted by atomic mass is 9.88. The van der Waals surface area contributed by atoms with Crippen molar-refractivity contribution in [3.63, 3.8) is 0 Å². The van der Waals surface area contributed by atoms with Crippen molar-refractivity contribution in [2.24, 2.45) is 5.92 Å². The fourth-order valence-electron chi connectivity index (χ4n) is 2.85. The van der Waals surface area contributed by atoms with Crippen LogP contribution in [0.1, 0.15) is 43.9 Å². The number of aromatic amines is 1. The van der Waals surface area contributed by atoms with E-state index in [2.05, 4.69) is 27.2 Å². The highest BCUT2D eigenvalue weighted by Gasteiger charge is 2.28. The van der Waals surface area contributed by atoms with Gasteiger partial charge in [-0.05, 0) is 32.7 Å². The number of sulfonamides is 1. The van der Waals surface area contributed by atoms with Crippen molar-refractivity contribution in [1.82, 2.24) is 20.2 Å². The molecule has 2 atom stereocenters.